The number of benzene rings is 2. The number of ketones is 1. The number of carbonyl (C=O) groups is 1. The van der Waals surface area contributed by atoms with Crippen LogP contribution >= 0.6 is 0 Å². The predicted molar refractivity (Wildman–Crippen MR) is 84.4 cm³/mol. The summed E-state index contributed by atoms with van der Waals surface area (Å²) in [6.07, 6.45) is 1.99. The Labute approximate surface area is 141 Å². The fraction of sp³-hybridized carbons (Fsp3) is 0.158. The molecule has 0 fully saturated rings. The van der Waals surface area contributed by atoms with Crippen molar-refractivity contribution in [2.24, 2.45) is 0 Å². The van der Waals surface area contributed by atoms with Crippen LogP contribution in [0.25, 0.3) is 10.9 Å². The van der Waals surface area contributed by atoms with Crippen LogP contribution in [-0.2, 0) is 6.54 Å². The van der Waals surface area contributed by atoms with Crippen molar-refractivity contribution in [3.63, 3.8) is 0 Å². The van der Waals surface area contributed by atoms with Gasteiger partial charge in [-0.1, -0.05) is 42.0 Å². The molecular weight excluding hydrogens is 338 g/mol. The van der Waals surface area contributed by atoms with Gasteiger partial charge in [-0.2, -0.15) is 4.57 Å². The van der Waals surface area contributed by atoms with Gasteiger partial charge in [0.05, 0.1) is 0 Å². The van der Waals surface area contributed by atoms with E-state index in [1.54, 1.807) is 0 Å². The summed E-state index contributed by atoms with van der Waals surface area (Å²) >= 11 is 0. The Balaban J connectivity index is 0.00000176. The first kappa shape index (κ1) is 16.4. The van der Waals surface area contributed by atoms with Gasteiger partial charge in [0.15, 0.2) is 6.20 Å². The van der Waals surface area contributed by atoms with Crippen molar-refractivity contribution in [1.82, 2.24) is 0 Å². The first-order chi connectivity index (χ1) is 10.1. The number of carbonyl (C=O) groups excluding carboxylic acids is 1. The number of nitrogens with zero attached hydrogens (tertiary/aromatic N) is 1. The van der Waals surface area contributed by atoms with E-state index in [1.165, 1.54) is 16.5 Å². The fourth-order valence-corrected chi connectivity index (χ4v) is 2.55. The molecule has 2 nitrogen and oxygen atoms in total. The second-order valence-electron chi connectivity index (χ2n) is 5.43. The lowest BCUT2D eigenvalue weighted by molar-refractivity contribution is -0.657. The molecule has 0 bridgehead atoms. The molecule has 0 amide bonds. The average molecular weight is 356 g/mol. The number of Topliss-reactive ketones (excluding diaryl/α,β-unsaturated/α-hetero) is 1. The number of aromatic nitrogens is 1. The number of fused-ring (bicyclic) bond motifs is 1. The highest BCUT2D eigenvalue weighted by Gasteiger charge is 2.15. The molecule has 0 unspecified atom stereocenters. The number of rotatable bonds is 3. The Morgan fingerprint density at radius 3 is 2.36 bits per heavy atom. The van der Waals surface area contributed by atoms with E-state index in [2.05, 4.69) is 25.1 Å². The zero-order chi connectivity index (χ0) is 14.8. The molecule has 1 heterocycles. The summed E-state index contributed by atoms with van der Waals surface area (Å²) in [5, 5.41) is 1.19. The first-order valence-corrected chi connectivity index (χ1v) is 7.13. The molecule has 0 saturated heterocycles. The van der Waals surface area contributed by atoms with Crippen molar-refractivity contribution < 1.29 is 26.3 Å². The van der Waals surface area contributed by atoms with Crippen molar-refractivity contribution in [2.75, 3.05) is 0 Å². The van der Waals surface area contributed by atoms with Crippen molar-refractivity contribution in [1.29, 1.82) is 0 Å². The van der Waals surface area contributed by atoms with E-state index in [9.17, 15) is 4.79 Å². The normalized spacial score (nSPS) is 10.3. The molecule has 0 aliphatic heterocycles. The zero-order valence-corrected chi connectivity index (χ0v) is 14.3. The maximum atomic E-state index is 12.4. The van der Waals surface area contributed by atoms with Crippen LogP contribution in [-0.4, -0.2) is 5.78 Å². The lowest BCUT2D eigenvalue weighted by Gasteiger charge is -2.04. The summed E-state index contributed by atoms with van der Waals surface area (Å²) in [6, 6.07) is 18.0. The minimum Gasteiger partial charge on any atom is -1.00 e. The minimum absolute atomic E-state index is 0. The van der Waals surface area contributed by atoms with Crippen LogP contribution < -0.4 is 21.5 Å². The van der Waals surface area contributed by atoms with Gasteiger partial charge >= 0.3 is 0 Å². The second-order valence-corrected chi connectivity index (χ2v) is 5.43. The van der Waals surface area contributed by atoms with Crippen LogP contribution in [0.2, 0.25) is 0 Å². The van der Waals surface area contributed by atoms with E-state index in [1.807, 2.05) is 54.1 Å². The molecule has 3 heteroatoms. The van der Waals surface area contributed by atoms with Gasteiger partial charge in [-0.25, -0.2) is 0 Å². The van der Waals surface area contributed by atoms with E-state index < -0.39 is 0 Å². The SMILES string of the molecule is Cc1ccc(C(=O)C[n+]2ccc(C)c3ccccc32)cc1.[Br-]. The van der Waals surface area contributed by atoms with Crippen LogP contribution in [0.3, 0.4) is 0 Å². The highest BCUT2D eigenvalue weighted by molar-refractivity contribution is 5.95. The molecular formula is C19H18BrNO. The van der Waals surface area contributed by atoms with Gasteiger partial charge in [0, 0.05) is 23.1 Å². The van der Waals surface area contributed by atoms with Crippen molar-refractivity contribution in [3.05, 3.63) is 77.5 Å². The Kier molecular flexibility index (Phi) is 5.09. The molecule has 0 aliphatic carbocycles. The Bertz CT molecular complexity index is 809. The smallest absolute Gasteiger partial charge is 0.227 e. The highest BCUT2D eigenvalue weighted by atomic mass is 79.9. The van der Waals surface area contributed by atoms with E-state index in [0.717, 1.165) is 11.1 Å². The molecule has 22 heavy (non-hydrogen) atoms. The zero-order valence-electron chi connectivity index (χ0n) is 12.7. The number of para-hydroxylation sites is 1. The fourth-order valence-electron chi connectivity index (χ4n) is 2.55. The maximum absolute atomic E-state index is 12.4. The standard InChI is InChI=1S/C19H18NO.BrH/c1-14-7-9-16(10-8-14)19(21)13-20-12-11-15(2)17-5-3-4-6-18(17)20;/h3-12H,13H2,1-2H3;1H/q+1;/p-1. The second kappa shape index (κ2) is 6.84. The summed E-state index contributed by atoms with van der Waals surface area (Å²) < 4.78 is 2.02. The third-order valence-electron chi connectivity index (χ3n) is 3.83. The lowest BCUT2D eigenvalue weighted by Crippen LogP contribution is -3.00. The van der Waals surface area contributed by atoms with Gasteiger partial charge < -0.3 is 17.0 Å². The van der Waals surface area contributed by atoms with E-state index in [-0.39, 0.29) is 22.8 Å². The topological polar surface area (TPSA) is 20.9 Å². The monoisotopic (exact) mass is 355 g/mol. The van der Waals surface area contributed by atoms with Gasteiger partial charge in [0.1, 0.15) is 0 Å². The average Bonchev–Trinajstić information content (AvgIpc) is 2.51. The molecule has 0 spiro atoms. The van der Waals surface area contributed by atoms with E-state index >= 15 is 0 Å². The lowest BCUT2D eigenvalue weighted by atomic mass is 10.1. The van der Waals surface area contributed by atoms with Crippen LogP contribution in [0.15, 0.2) is 60.8 Å². The third kappa shape index (κ3) is 3.25. The van der Waals surface area contributed by atoms with Crippen LogP contribution in [0, 0.1) is 13.8 Å². The number of aryl methyl sites for hydroxylation is 2. The predicted octanol–water partition coefficient (Wildman–Crippen LogP) is 0.631. The number of hydrogen-bond donors (Lipinski definition) is 0. The number of pyridine rings is 1. The molecule has 0 atom stereocenters. The van der Waals surface area contributed by atoms with Crippen molar-refractivity contribution in [3.8, 4) is 0 Å². The van der Waals surface area contributed by atoms with E-state index in [4.69, 9.17) is 0 Å². The third-order valence-corrected chi connectivity index (χ3v) is 3.83. The Morgan fingerprint density at radius 2 is 1.64 bits per heavy atom. The summed E-state index contributed by atoms with van der Waals surface area (Å²) in [5.41, 5.74) is 4.25. The first-order valence-electron chi connectivity index (χ1n) is 7.13. The van der Waals surface area contributed by atoms with Crippen molar-refractivity contribution in [2.45, 2.75) is 20.4 Å². The minimum atomic E-state index is 0. The molecule has 0 saturated carbocycles. The van der Waals surface area contributed by atoms with Crippen LogP contribution in [0.5, 0.6) is 0 Å². The maximum Gasteiger partial charge on any atom is 0.227 e. The molecule has 0 N–H and O–H groups in total. The molecule has 3 aromatic rings. The Hall–Kier alpha value is -2.00. The van der Waals surface area contributed by atoms with Crippen LogP contribution in [0.4, 0.5) is 0 Å². The molecule has 2 aromatic carbocycles. The molecule has 0 aliphatic rings. The van der Waals surface area contributed by atoms with Gasteiger partial charge in [-0.05, 0) is 25.5 Å². The van der Waals surface area contributed by atoms with Crippen LogP contribution in [0.1, 0.15) is 21.5 Å². The van der Waals surface area contributed by atoms with Gasteiger partial charge in [0.25, 0.3) is 0 Å². The highest BCUT2D eigenvalue weighted by Crippen LogP contribution is 2.14. The van der Waals surface area contributed by atoms with Gasteiger partial charge in [-0.15, -0.1) is 0 Å². The Morgan fingerprint density at radius 1 is 0.955 bits per heavy atom. The number of hydrogen-bond acceptors (Lipinski definition) is 1. The summed E-state index contributed by atoms with van der Waals surface area (Å²) in [7, 11) is 0. The van der Waals surface area contributed by atoms with Crippen molar-refractivity contribution >= 4 is 16.7 Å². The summed E-state index contributed by atoms with van der Waals surface area (Å²) in [5.74, 6) is 0.133. The van der Waals surface area contributed by atoms with E-state index in [0.29, 0.717) is 6.54 Å². The molecule has 0 radical (unpaired) electrons. The van der Waals surface area contributed by atoms with Gasteiger partial charge in [-0.3, -0.25) is 4.79 Å². The summed E-state index contributed by atoms with van der Waals surface area (Å²) in [6.45, 7) is 4.48. The molecule has 112 valence electrons. The quantitative estimate of drug-likeness (QED) is 0.498. The number of halogens is 1. The molecule has 3 rings (SSSR count). The summed E-state index contributed by atoms with van der Waals surface area (Å²) in [4.78, 5) is 12.4. The largest absolute Gasteiger partial charge is 1.00 e. The molecule has 1 aromatic heterocycles. The van der Waals surface area contributed by atoms with Gasteiger partial charge in [0.2, 0.25) is 17.8 Å².